The second-order valence-corrected chi connectivity index (χ2v) is 8.69. The standard InChI is InChI=1S/C24H25BF2N2O4/c1-23(2)24(3,4)33-25(32-23)19(10-17-11-20(26)21(27)12-18(17)13-28)14-29-22(30)31-15-16-8-6-5-7-9-16/h5-12H,14-15H2,1-4H3,(H,29,30). The molecule has 0 spiro atoms. The first-order valence-corrected chi connectivity index (χ1v) is 10.4. The van der Waals surface area contributed by atoms with E-state index in [9.17, 15) is 18.8 Å². The largest absolute Gasteiger partial charge is 0.492 e. The fourth-order valence-electron chi connectivity index (χ4n) is 3.12. The Morgan fingerprint density at radius 3 is 2.33 bits per heavy atom. The van der Waals surface area contributed by atoms with E-state index in [2.05, 4.69) is 5.32 Å². The van der Waals surface area contributed by atoms with Crippen LogP contribution in [0.5, 0.6) is 0 Å². The number of hydrogen-bond acceptors (Lipinski definition) is 5. The predicted molar refractivity (Wildman–Crippen MR) is 120 cm³/mol. The van der Waals surface area contributed by atoms with Gasteiger partial charge >= 0.3 is 13.2 Å². The molecule has 0 aliphatic carbocycles. The molecule has 0 saturated carbocycles. The number of amides is 1. The number of hydrogen-bond donors (Lipinski definition) is 1. The molecule has 0 atom stereocenters. The van der Waals surface area contributed by atoms with Gasteiger partial charge in [-0.05, 0) is 56.4 Å². The fraction of sp³-hybridized carbons (Fsp3) is 0.333. The van der Waals surface area contributed by atoms with Gasteiger partial charge in [-0.1, -0.05) is 36.4 Å². The molecule has 0 unspecified atom stereocenters. The minimum Gasteiger partial charge on any atom is -0.445 e. The Labute approximate surface area is 192 Å². The van der Waals surface area contributed by atoms with Crippen LogP contribution < -0.4 is 5.32 Å². The van der Waals surface area contributed by atoms with Crippen LogP contribution in [0.2, 0.25) is 0 Å². The maximum absolute atomic E-state index is 13.9. The van der Waals surface area contributed by atoms with Crippen LogP contribution in [0.4, 0.5) is 13.6 Å². The lowest BCUT2D eigenvalue weighted by molar-refractivity contribution is 0.00578. The van der Waals surface area contributed by atoms with Crippen molar-refractivity contribution >= 4 is 19.3 Å². The van der Waals surface area contributed by atoms with Gasteiger partial charge < -0.3 is 19.4 Å². The minimum atomic E-state index is -1.12. The molecular weight excluding hydrogens is 429 g/mol. The molecule has 33 heavy (non-hydrogen) atoms. The number of halogens is 2. The van der Waals surface area contributed by atoms with Crippen LogP contribution in [0, 0.1) is 23.0 Å². The normalized spacial score (nSPS) is 16.9. The zero-order chi connectivity index (χ0) is 24.2. The topological polar surface area (TPSA) is 80.6 Å². The number of rotatable bonds is 6. The second-order valence-electron chi connectivity index (χ2n) is 8.69. The fourth-order valence-corrected chi connectivity index (χ4v) is 3.12. The molecule has 1 N–H and O–H groups in total. The van der Waals surface area contributed by atoms with Crippen LogP contribution in [-0.2, 0) is 20.7 Å². The zero-order valence-corrected chi connectivity index (χ0v) is 18.9. The number of benzene rings is 2. The maximum Gasteiger partial charge on any atom is 0.492 e. The van der Waals surface area contributed by atoms with Gasteiger partial charge in [-0.25, -0.2) is 13.6 Å². The molecule has 2 aromatic carbocycles. The van der Waals surface area contributed by atoms with Crippen LogP contribution in [0.15, 0.2) is 47.9 Å². The first kappa shape index (κ1) is 24.4. The monoisotopic (exact) mass is 454 g/mol. The molecule has 3 rings (SSSR count). The van der Waals surface area contributed by atoms with Crippen LogP contribution in [0.1, 0.15) is 44.4 Å². The van der Waals surface area contributed by atoms with E-state index in [1.54, 1.807) is 0 Å². The Hall–Kier alpha value is -3.22. The van der Waals surface area contributed by atoms with Gasteiger partial charge in [0.15, 0.2) is 11.6 Å². The number of carbonyl (C=O) groups excluding carboxylic acids is 1. The van der Waals surface area contributed by atoms with Crippen molar-refractivity contribution in [3.8, 4) is 6.07 Å². The van der Waals surface area contributed by atoms with Gasteiger partial charge in [-0.2, -0.15) is 5.26 Å². The van der Waals surface area contributed by atoms with Crippen LogP contribution in [0.25, 0.3) is 6.08 Å². The number of nitrogens with one attached hydrogen (secondary N) is 1. The molecule has 1 amide bonds. The van der Waals surface area contributed by atoms with E-state index in [0.717, 1.165) is 17.7 Å². The number of alkyl carbamates (subject to hydrolysis) is 1. The van der Waals surface area contributed by atoms with E-state index < -0.39 is 36.0 Å². The highest BCUT2D eigenvalue weighted by Gasteiger charge is 2.52. The van der Waals surface area contributed by atoms with Crippen molar-refractivity contribution in [2.75, 3.05) is 6.54 Å². The van der Waals surface area contributed by atoms with Gasteiger partial charge in [0.25, 0.3) is 0 Å². The summed E-state index contributed by atoms with van der Waals surface area (Å²) in [5, 5.41) is 12.0. The van der Waals surface area contributed by atoms with Crippen LogP contribution >= 0.6 is 0 Å². The second kappa shape index (κ2) is 9.73. The zero-order valence-electron chi connectivity index (χ0n) is 18.9. The van der Waals surface area contributed by atoms with E-state index in [0.29, 0.717) is 5.47 Å². The highest BCUT2D eigenvalue weighted by atomic mass is 19.2. The Morgan fingerprint density at radius 1 is 1.12 bits per heavy atom. The number of ether oxygens (including phenoxy) is 1. The first-order chi connectivity index (χ1) is 15.5. The SMILES string of the molecule is CC1(C)OB(C(=Cc2cc(F)c(F)cc2C#N)CNC(=O)OCc2ccccc2)OC1(C)C. The van der Waals surface area contributed by atoms with E-state index in [-0.39, 0.29) is 24.3 Å². The van der Waals surface area contributed by atoms with Gasteiger partial charge in [0.05, 0.1) is 22.8 Å². The number of nitrogens with zero attached hydrogens (tertiary/aromatic N) is 1. The van der Waals surface area contributed by atoms with Gasteiger partial charge in [0, 0.05) is 6.54 Å². The third-order valence-corrected chi connectivity index (χ3v) is 5.76. The molecule has 1 fully saturated rings. The van der Waals surface area contributed by atoms with Crippen LogP contribution in [-0.4, -0.2) is 31.0 Å². The Bertz CT molecular complexity index is 1080. The molecule has 1 aliphatic heterocycles. The summed E-state index contributed by atoms with van der Waals surface area (Å²) in [6, 6.07) is 12.8. The van der Waals surface area contributed by atoms with Gasteiger partial charge in [0.1, 0.15) is 6.61 Å². The third kappa shape index (κ3) is 5.78. The summed E-state index contributed by atoms with van der Waals surface area (Å²) in [5.41, 5.74) is -0.0225. The molecule has 0 radical (unpaired) electrons. The highest BCUT2D eigenvalue weighted by molar-refractivity contribution is 6.56. The van der Waals surface area contributed by atoms with E-state index in [1.165, 1.54) is 6.08 Å². The minimum absolute atomic E-state index is 0.0606. The summed E-state index contributed by atoms with van der Waals surface area (Å²) in [7, 11) is -0.885. The summed E-state index contributed by atoms with van der Waals surface area (Å²) in [5.74, 6) is -2.22. The summed E-state index contributed by atoms with van der Waals surface area (Å²) in [6.07, 6.45) is 0.785. The molecule has 6 nitrogen and oxygen atoms in total. The molecule has 0 bridgehead atoms. The molecule has 0 aromatic heterocycles. The lowest BCUT2D eigenvalue weighted by Crippen LogP contribution is -2.41. The number of nitriles is 1. The van der Waals surface area contributed by atoms with E-state index >= 15 is 0 Å². The average Bonchev–Trinajstić information content (AvgIpc) is 2.99. The van der Waals surface area contributed by atoms with Crippen molar-refractivity contribution in [2.24, 2.45) is 0 Å². The van der Waals surface area contributed by atoms with Crippen molar-refractivity contribution in [3.05, 3.63) is 76.3 Å². The molecule has 1 saturated heterocycles. The molecule has 2 aromatic rings. The lowest BCUT2D eigenvalue weighted by Gasteiger charge is -2.32. The van der Waals surface area contributed by atoms with Crippen LogP contribution in [0.3, 0.4) is 0 Å². The third-order valence-electron chi connectivity index (χ3n) is 5.76. The number of carbonyl (C=O) groups is 1. The average molecular weight is 454 g/mol. The Morgan fingerprint density at radius 2 is 1.73 bits per heavy atom. The summed E-state index contributed by atoms with van der Waals surface area (Å²) in [6.45, 7) is 7.49. The molecule has 1 aliphatic rings. The highest BCUT2D eigenvalue weighted by Crippen LogP contribution is 2.39. The van der Waals surface area contributed by atoms with E-state index in [4.69, 9.17) is 14.0 Å². The van der Waals surface area contributed by atoms with Crippen molar-refractivity contribution in [1.82, 2.24) is 5.32 Å². The van der Waals surface area contributed by atoms with Crippen molar-refractivity contribution in [3.63, 3.8) is 0 Å². The first-order valence-electron chi connectivity index (χ1n) is 10.4. The Kier molecular flexibility index (Phi) is 7.20. The van der Waals surface area contributed by atoms with E-state index in [1.807, 2.05) is 64.1 Å². The molecule has 172 valence electrons. The van der Waals surface area contributed by atoms with Crippen molar-refractivity contribution in [1.29, 1.82) is 5.26 Å². The van der Waals surface area contributed by atoms with Crippen molar-refractivity contribution < 1.29 is 27.6 Å². The quantitative estimate of drug-likeness (QED) is 0.636. The van der Waals surface area contributed by atoms with Gasteiger partial charge in [0.2, 0.25) is 0 Å². The smallest absolute Gasteiger partial charge is 0.445 e. The summed E-state index contributed by atoms with van der Waals surface area (Å²) in [4.78, 5) is 12.3. The maximum atomic E-state index is 13.9. The Balaban J connectivity index is 1.82. The molecule has 1 heterocycles. The lowest BCUT2D eigenvalue weighted by atomic mass is 9.76. The predicted octanol–water partition coefficient (Wildman–Crippen LogP) is 4.78. The van der Waals surface area contributed by atoms with Gasteiger partial charge in [-0.15, -0.1) is 0 Å². The molecule has 9 heteroatoms. The summed E-state index contributed by atoms with van der Waals surface area (Å²) < 4.78 is 44.8. The van der Waals surface area contributed by atoms with Gasteiger partial charge in [-0.3, -0.25) is 0 Å². The van der Waals surface area contributed by atoms with Crippen molar-refractivity contribution in [2.45, 2.75) is 45.5 Å². The molecular formula is C24H25BF2N2O4. The summed E-state index contributed by atoms with van der Waals surface area (Å²) >= 11 is 0.